The van der Waals surface area contributed by atoms with E-state index in [1.165, 1.54) is 0 Å². The summed E-state index contributed by atoms with van der Waals surface area (Å²) < 4.78 is 5.73. The Kier molecular flexibility index (Phi) is 8.57. The summed E-state index contributed by atoms with van der Waals surface area (Å²) in [4.78, 5) is 45.9. The number of aromatic nitrogens is 1. The standard InChI is InChI=1S/C28H36N4O4/c1-20-5-3-6-21(2)32(20)26(33)19-36-25-10-8-24(9-11-25)28(35)31-15-12-23(13-16-31)27(34)30-18-22-7-4-14-29-17-22/h4,7-11,14,17,20-21,23H,3,5-6,12-13,15-16,18-19H2,1-2H3,(H,30,34). The van der Waals surface area contributed by atoms with Gasteiger partial charge in [-0.1, -0.05) is 6.07 Å². The lowest BCUT2D eigenvalue weighted by Gasteiger charge is -2.38. The largest absolute Gasteiger partial charge is 0.484 e. The lowest BCUT2D eigenvalue weighted by atomic mass is 9.95. The van der Waals surface area contributed by atoms with Crippen LogP contribution in [-0.2, 0) is 16.1 Å². The number of pyridine rings is 1. The van der Waals surface area contributed by atoms with E-state index in [0.29, 0.717) is 43.8 Å². The van der Waals surface area contributed by atoms with Crippen molar-refractivity contribution in [2.75, 3.05) is 19.7 Å². The second kappa shape index (κ2) is 12.0. The predicted octanol–water partition coefficient (Wildman–Crippen LogP) is 3.42. The van der Waals surface area contributed by atoms with E-state index >= 15 is 0 Å². The first-order valence-electron chi connectivity index (χ1n) is 12.9. The molecule has 192 valence electrons. The van der Waals surface area contributed by atoms with Gasteiger partial charge < -0.3 is 19.9 Å². The number of likely N-dealkylation sites (tertiary alicyclic amines) is 2. The second-order valence-corrected chi connectivity index (χ2v) is 9.89. The number of carbonyl (C=O) groups is 3. The molecule has 8 heteroatoms. The molecule has 2 fully saturated rings. The molecule has 1 aromatic heterocycles. The van der Waals surface area contributed by atoms with Gasteiger partial charge in [0.15, 0.2) is 6.61 Å². The third-order valence-corrected chi connectivity index (χ3v) is 7.29. The van der Waals surface area contributed by atoms with Gasteiger partial charge in [-0.05, 0) is 81.8 Å². The number of hydrogen-bond acceptors (Lipinski definition) is 5. The van der Waals surface area contributed by atoms with Crippen molar-refractivity contribution >= 4 is 17.7 Å². The summed E-state index contributed by atoms with van der Waals surface area (Å²) in [6.07, 6.45) is 7.94. The first kappa shape index (κ1) is 25.7. The number of ether oxygens (including phenoxy) is 1. The molecule has 0 aliphatic carbocycles. The van der Waals surface area contributed by atoms with Gasteiger partial charge in [-0.3, -0.25) is 19.4 Å². The Labute approximate surface area is 213 Å². The number of nitrogens with one attached hydrogen (secondary N) is 1. The molecule has 4 rings (SSSR count). The minimum Gasteiger partial charge on any atom is -0.484 e. The molecule has 2 aromatic rings. The predicted molar refractivity (Wildman–Crippen MR) is 136 cm³/mol. The Morgan fingerprint density at radius 2 is 1.69 bits per heavy atom. The number of nitrogens with zero attached hydrogens (tertiary/aromatic N) is 3. The monoisotopic (exact) mass is 492 g/mol. The number of hydrogen-bond donors (Lipinski definition) is 1. The van der Waals surface area contributed by atoms with Crippen molar-refractivity contribution in [1.82, 2.24) is 20.1 Å². The van der Waals surface area contributed by atoms with Crippen molar-refractivity contribution in [2.24, 2.45) is 5.92 Å². The Morgan fingerprint density at radius 1 is 1.00 bits per heavy atom. The fraction of sp³-hybridized carbons (Fsp3) is 0.500. The van der Waals surface area contributed by atoms with Gasteiger partial charge >= 0.3 is 0 Å². The molecule has 2 aliphatic heterocycles. The average molecular weight is 493 g/mol. The molecule has 0 radical (unpaired) electrons. The van der Waals surface area contributed by atoms with E-state index in [4.69, 9.17) is 4.74 Å². The molecular formula is C28H36N4O4. The van der Waals surface area contributed by atoms with E-state index < -0.39 is 0 Å². The summed E-state index contributed by atoms with van der Waals surface area (Å²) in [5.41, 5.74) is 1.54. The van der Waals surface area contributed by atoms with Crippen LogP contribution in [0.4, 0.5) is 0 Å². The number of carbonyl (C=O) groups excluding carboxylic acids is 3. The van der Waals surface area contributed by atoms with Crippen LogP contribution < -0.4 is 10.1 Å². The van der Waals surface area contributed by atoms with E-state index in [9.17, 15) is 14.4 Å². The van der Waals surface area contributed by atoms with Crippen LogP contribution in [-0.4, -0.2) is 64.3 Å². The molecule has 0 bridgehead atoms. The van der Waals surface area contributed by atoms with Gasteiger partial charge in [0.25, 0.3) is 11.8 Å². The molecule has 2 atom stereocenters. The fourth-order valence-electron chi connectivity index (χ4n) is 5.19. The van der Waals surface area contributed by atoms with Gasteiger partial charge in [0.05, 0.1) is 0 Å². The Bertz CT molecular complexity index is 1030. The zero-order valence-electron chi connectivity index (χ0n) is 21.2. The molecule has 1 aromatic carbocycles. The topological polar surface area (TPSA) is 91.8 Å². The van der Waals surface area contributed by atoms with Crippen LogP contribution in [0.5, 0.6) is 5.75 Å². The number of amides is 3. The molecule has 0 spiro atoms. The summed E-state index contributed by atoms with van der Waals surface area (Å²) in [6, 6.07) is 11.2. The molecule has 8 nitrogen and oxygen atoms in total. The molecular weight excluding hydrogens is 456 g/mol. The third-order valence-electron chi connectivity index (χ3n) is 7.29. The van der Waals surface area contributed by atoms with Crippen LogP contribution in [0, 0.1) is 5.92 Å². The van der Waals surface area contributed by atoms with Crippen molar-refractivity contribution in [1.29, 1.82) is 0 Å². The van der Waals surface area contributed by atoms with Crippen LogP contribution in [0.2, 0.25) is 0 Å². The van der Waals surface area contributed by atoms with E-state index in [0.717, 1.165) is 24.8 Å². The smallest absolute Gasteiger partial charge is 0.260 e. The van der Waals surface area contributed by atoms with Gasteiger partial charge in [0, 0.05) is 55.6 Å². The maximum atomic E-state index is 13.0. The zero-order chi connectivity index (χ0) is 25.5. The van der Waals surface area contributed by atoms with Gasteiger partial charge in [-0.2, -0.15) is 0 Å². The summed E-state index contributed by atoms with van der Waals surface area (Å²) >= 11 is 0. The van der Waals surface area contributed by atoms with Crippen LogP contribution in [0.1, 0.15) is 61.9 Å². The molecule has 0 saturated carbocycles. The molecule has 2 aliphatic rings. The minimum atomic E-state index is -0.0932. The van der Waals surface area contributed by atoms with Gasteiger partial charge in [0.1, 0.15) is 5.75 Å². The second-order valence-electron chi connectivity index (χ2n) is 9.89. The highest BCUT2D eigenvalue weighted by molar-refractivity contribution is 5.94. The van der Waals surface area contributed by atoms with Gasteiger partial charge in [0.2, 0.25) is 5.91 Å². The summed E-state index contributed by atoms with van der Waals surface area (Å²) in [7, 11) is 0. The summed E-state index contributed by atoms with van der Waals surface area (Å²) in [5.74, 6) is 0.450. The van der Waals surface area contributed by atoms with E-state index in [2.05, 4.69) is 24.1 Å². The van der Waals surface area contributed by atoms with Crippen LogP contribution >= 0.6 is 0 Å². The van der Waals surface area contributed by atoms with Crippen molar-refractivity contribution in [3.8, 4) is 5.75 Å². The lowest BCUT2D eigenvalue weighted by molar-refractivity contribution is -0.139. The van der Waals surface area contributed by atoms with E-state index in [-0.39, 0.29) is 42.3 Å². The number of benzene rings is 1. The van der Waals surface area contributed by atoms with Gasteiger partial charge in [-0.15, -0.1) is 0 Å². The summed E-state index contributed by atoms with van der Waals surface area (Å²) in [6.45, 7) is 5.73. The maximum absolute atomic E-state index is 13.0. The average Bonchev–Trinajstić information content (AvgIpc) is 2.91. The van der Waals surface area contributed by atoms with E-state index in [1.807, 2.05) is 17.0 Å². The van der Waals surface area contributed by atoms with Crippen LogP contribution in [0.25, 0.3) is 0 Å². The van der Waals surface area contributed by atoms with Crippen molar-refractivity contribution < 1.29 is 19.1 Å². The number of rotatable bonds is 7. The Balaban J connectivity index is 1.22. The molecule has 3 amide bonds. The van der Waals surface area contributed by atoms with Crippen LogP contribution in [0.15, 0.2) is 48.8 Å². The molecule has 2 unspecified atom stereocenters. The van der Waals surface area contributed by atoms with Crippen LogP contribution in [0.3, 0.4) is 0 Å². The molecule has 2 saturated heterocycles. The van der Waals surface area contributed by atoms with Gasteiger partial charge in [-0.25, -0.2) is 0 Å². The maximum Gasteiger partial charge on any atom is 0.260 e. The highest BCUT2D eigenvalue weighted by Crippen LogP contribution is 2.24. The Morgan fingerprint density at radius 3 is 2.33 bits per heavy atom. The van der Waals surface area contributed by atoms with Crippen molar-refractivity contribution in [3.05, 3.63) is 59.9 Å². The molecule has 1 N–H and O–H groups in total. The first-order chi connectivity index (χ1) is 17.4. The highest BCUT2D eigenvalue weighted by atomic mass is 16.5. The van der Waals surface area contributed by atoms with E-state index in [1.54, 1.807) is 41.6 Å². The fourth-order valence-corrected chi connectivity index (χ4v) is 5.19. The zero-order valence-corrected chi connectivity index (χ0v) is 21.2. The lowest BCUT2D eigenvalue weighted by Crippen LogP contribution is -2.49. The van der Waals surface area contributed by atoms with Crippen molar-refractivity contribution in [3.63, 3.8) is 0 Å². The number of piperidine rings is 2. The molecule has 3 heterocycles. The first-order valence-corrected chi connectivity index (χ1v) is 12.9. The normalized spacial score (nSPS) is 20.6. The minimum absolute atomic E-state index is 0.00165. The van der Waals surface area contributed by atoms with Crippen molar-refractivity contribution in [2.45, 2.75) is 64.6 Å². The Hall–Kier alpha value is -3.42. The quantitative estimate of drug-likeness (QED) is 0.640. The SMILES string of the molecule is CC1CCCC(C)N1C(=O)COc1ccc(C(=O)N2CCC(C(=O)NCc3cccnc3)CC2)cc1. The molecule has 36 heavy (non-hydrogen) atoms. The summed E-state index contributed by atoms with van der Waals surface area (Å²) in [5, 5.41) is 2.97. The highest BCUT2D eigenvalue weighted by Gasteiger charge is 2.29. The third kappa shape index (κ3) is 6.42.